The van der Waals surface area contributed by atoms with Crippen molar-refractivity contribution in [1.29, 1.82) is 0 Å². The minimum atomic E-state index is -0.996. The molecule has 1 aromatic carbocycles. The van der Waals surface area contributed by atoms with Gasteiger partial charge in [-0.15, -0.1) is 0 Å². The van der Waals surface area contributed by atoms with Crippen molar-refractivity contribution in [2.45, 2.75) is 26.5 Å². The van der Waals surface area contributed by atoms with Crippen LogP contribution in [0.4, 0.5) is 0 Å². The van der Waals surface area contributed by atoms with Crippen LogP contribution in [0.2, 0.25) is 0 Å². The summed E-state index contributed by atoms with van der Waals surface area (Å²) in [6, 6.07) is 7.44. The maximum absolute atomic E-state index is 10.6. The Morgan fingerprint density at radius 1 is 1.43 bits per heavy atom. The highest BCUT2D eigenvalue weighted by Gasteiger charge is 2.09. The van der Waals surface area contributed by atoms with E-state index in [1.807, 2.05) is 26.0 Å². The average molecular weight is 287 g/mol. The number of para-hydroxylation sites is 1. The first-order chi connectivity index (χ1) is 10.1. The largest absolute Gasteiger partial charge is 0.485 e. The molecule has 2 aromatic rings. The Kier molecular flexibility index (Phi) is 4.71. The predicted octanol–water partition coefficient (Wildman–Crippen LogP) is 2.54. The van der Waals surface area contributed by atoms with E-state index < -0.39 is 5.97 Å². The molecule has 0 fully saturated rings. The first kappa shape index (κ1) is 14.8. The van der Waals surface area contributed by atoms with Gasteiger partial charge < -0.3 is 9.84 Å². The summed E-state index contributed by atoms with van der Waals surface area (Å²) < 4.78 is 7.52. The summed E-state index contributed by atoms with van der Waals surface area (Å²) in [5.41, 5.74) is 0.704. The number of rotatable bonds is 6. The normalized spacial score (nSPS) is 11.2. The summed E-state index contributed by atoms with van der Waals surface area (Å²) in [7, 11) is 0. The molecule has 0 bridgehead atoms. The molecule has 0 aliphatic carbocycles. The molecular weight excluding hydrogens is 270 g/mol. The molecule has 0 radical (unpaired) electrons. The van der Waals surface area contributed by atoms with Gasteiger partial charge in [-0.3, -0.25) is 0 Å². The zero-order valence-electron chi connectivity index (χ0n) is 11.9. The number of aliphatic carboxylic acids is 1. The van der Waals surface area contributed by atoms with Crippen LogP contribution >= 0.6 is 0 Å². The van der Waals surface area contributed by atoms with Gasteiger partial charge in [0, 0.05) is 17.7 Å². The Bertz CT molecular complexity index is 647. The van der Waals surface area contributed by atoms with Crippen LogP contribution in [0.3, 0.4) is 0 Å². The summed E-state index contributed by atoms with van der Waals surface area (Å²) >= 11 is 0. The Balaban J connectivity index is 2.13. The second-order valence-corrected chi connectivity index (χ2v) is 4.71. The summed E-state index contributed by atoms with van der Waals surface area (Å²) in [5.74, 6) is 0.333. The molecule has 1 heterocycles. The summed E-state index contributed by atoms with van der Waals surface area (Å²) in [6.07, 6.45) is 4.08. The van der Waals surface area contributed by atoms with Crippen molar-refractivity contribution in [1.82, 2.24) is 14.8 Å². The smallest absolute Gasteiger partial charge is 0.328 e. The van der Waals surface area contributed by atoms with Crippen molar-refractivity contribution in [2.75, 3.05) is 0 Å². The fourth-order valence-electron chi connectivity index (χ4n) is 1.86. The molecule has 0 saturated carbocycles. The number of carboxylic acids is 1. The molecule has 6 nitrogen and oxygen atoms in total. The maximum Gasteiger partial charge on any atom is 0.328 e. The van der Waals surface area contributed by atoms with Crippen molar-refractivity contribution >= 4 is 12.0 Å². The highest BCUT2D eigenvalue weighted by atomic mass is 16.5. The van der Waals surface area contributed by atoms with Crippen molar-refractivity contribution in [3.05, 3.63) is 48.1 Å². The third kappa shape index (κ3) is 3.92. The molecule has 21 heavy (non-hydrogen) atoms. The molecular formula is C15H17N3O3. The van der Waals surface area contributed by atoms with E-state index in [4.69, 9.17) is 9.84 Å². The van der Waals surface area contributed by atoms with Crippen molar-refractivity contribution in [3.8, 4) is 5.75 Å². The monoisotopic (exact) mass is 287 g/mol. The van der Waals surface area contributed by atoms with E-state index in [9.17, 15) is 4.79 Å². The first-order valence-electron chi connectivity index (χ1n) is 6.59. The molecule has 0 aliphatic heterocycles. The Labute approximate surface area is 122 Å². The van der Waals surface area contributed by atoms with Crippen LogP contribution in [0, 0.1) is 0 Å². The van der Waals surface area contributed by atoms with Crippen LogP contribution in [-0.2, 0) is 11.4 Å². The fraction of sp³-hybridized carbons (Fsp3) is 0.267. The van der Waals surface area contributed by atoms with Crippen molar-refractivity contribution in [3.63, 3.8) is 0 Å². The lowest BCUT2D eigenvalue weighted by molar-refractivity contribution is -0.131. The first-order valence-corrected chi connectivity index (χ1v) is 6.59. The van der Waals surface area contributed by atoms with Crippen molar-refractivity contribution in [2.24, 2.45) is 0 Å². The van der Waals surface area contributed by atoms with Crippen LogP contribution in [-0.4, -0.2) is 25.8 Å². The molecule has 6 heteroatoms. The van der Waals surface area contributed by atoms with Gasteiger partial charge in [-0.25, -0.2) is 14.5 Å². The number of benzene rings is 1. The van der Waals surface area contributed by atoms with Crippen LogP contribution < -0.4 is 4.74 Å². The number of nitrogens with zero attached hydrogens (tertiary/aromatic N) is 3. The SMILES string of the molecule is CC(C)n1ncnc1COc1ccccc1C=CC(=O)O. The third-order valence-corrected chi connectivity index (χ3v) is 2.82. The minimum Gasteiger partial charge on any atom is -0.485 e. The van der Waals surface area contributed by atoms with Gasteiger partial charge in [0.2, 0.25) is 0 Å². The molecule has 2 rings (SSSR count). The number of carboxylic acid groups (broad SMARTS) is 1. The zero-order chi connectivity index (χ0) is 15.2. The number of hydrogen-bond donors (Lipinski definition) is 1. The lowest BCUT2D eigenvalue weighted by atomic mass is 10.2. The standard InChI is InChI=1S/C15H17N3O3/c1-11(2)18-14(16-10-17-18)9-21-13-6-4-3-5-12(13)7-8-15(19)20/h3-8,10-11H,9H2,1-2H3,(H,19,20). The van der Waals surface area contributed by atoms with Gasteiger partial charge >= 0.3 is 5.97 Å². The Hall–Kier alpha value is -2.63. The second-order valence-electron chi connectivity index (χ2n) is 4.71. The van der Waals surface area contributed by atoms with E-state index in [1.54, 1.807) is 16.8 Å². The molecule has 1 N–H and O–H groups in total. The highest BCUT2D eigenvalue weighted by Crippen LogP contribution is 2.20. The van der Waals surface area contributed by atoms with Gasteiger partial charge in [0.25, 0.3) is 0 Å². The second kappa shape index (κ2) is 6.69. The van der Waals surface area contributed by atoms with Crippen molar-refractivity contribution < 1.29 is 14.6 Å². The van der Waals surface area contributed by atoms with Gasteiger partial charge in [-0.2, -0.15) is 5.10 Å². The van der Waals surface area contributed by atoms with Gasteiger partial charge in [0.1, 0.15) is 18.7 Å². The van der Waals surface area contributed by atoms with Gasteiger partial charge in [-0.1, -0.05) is 18.2 Å². The minimum absolute atomic E-state index is 0.202. The van der Waals surface area contributed by atoms with Gasteiger partial charge in [0.15, 0.2) is 5.82 Å². The van der Waals surface area contributed by atoms with E-state index in [2.05, 4.69) is 10.1 Å². The molecule has 0 amide bonds. The summed E-state index contributed by atoms with van der Waals surface area (Å²) in [5, 5.41) is 12.8. The summed E-state index contributed by atoms with van der Waals surface area (Å²) in [6.45, 7) is 4.31. The Morgan fingerprint density at radius 3 is 2.90 bits per heavy atom. The molecule has 1 aromatic heterocycles. The van der Waals surface area contributed by atoms with E-state index in [0.717, 1.165) is 11.9 Å². The summed E-state index contributed by atoms with van der Waals surface area (Å²) in [4.78, 5) is 14.8. The van der Waals surface area contributed by atoms with E-state index in [1.165, 1.54) is 12.4 Å². The molecule has 0 atom stereocenters. The van der Waals surface area contributed by atoms with E-state index in [0.29, 0.717) is 11.3 Å². The number of hydrogen-bond acceptors (Lipinski definition) is 4. The molecule has 0 spiro atoms. The molecule has 0 aliphatic rings. The maximum atomic E-state index is 10.6. The zero-order valence-corrected chi connectivity index (χ0v) is 11.9. The van der Waals surface area contributed by atoms with E-state index in [-0.39, 0.29) is 12.6 Å². The van der Waals surface area contributed by atoms with E-state index >= 15 is 0 Å². The average Bonchev–Trinajstić information content (AvgIpc) is 2.92. The third-order valence-electron chi connectivity index (χ3n) is 2.82. The van der Waals surface area contributed by atoms with Crippen LogP contribution in [0.25, 0.3) is 6.08 Å². The predicted molar refractivity (Wildman–Crippen MR) is 77.9 cm³/mol. The topological polar surface area (TPSA) is 77.2 Å². The van der Waals surface area contributed by atoms with Crippen LogP contribution in [0.15, 0.2) is 36.7 Å². The molecule has 0 unspecified atom stereocenters. The number of ether oxygens (including phenoxy) is 1. The van der Waals surface area contributed by atoms with Crippen LogP contribution in [0.1, 0.15) is 31.3 Å². The Morgan fingerprint density at radius 2 is 2.19 bits per heavy atom. The fourth-order valence-corrected chi connectivity index (χ4v) is 1.86. The lowest BCUT2D eigenvalue weighted by Crippen LogP contribution is -2.11. The number of carbonyl (C=O) groups is 1. The van der Waals surface area contributed by atoms with Crippen LogP contribution in [0.5, 0.6) is 5.75 Å². The lowest BCUT2D eigenvalue weighted by Gasteiger charge is -2.11. The van der Waals surface area contributed by atoms with Gasteiger partial charge in [-0.05, 0) is 26.0 Å². The molecule has 110 valence electrons. The van der Waals surface area contributed by atoms with Gasteiger partial charge in [0.05, 0.1) is 0 Å². The molecule has 0 saturated heterocycles. The number of aromatic nitrogens is 3. The quantitative estimate of drug-likeness (QED) is 0.826. The highest BCUT2D eigenvalue weighted by molar-refractivity contribution is 5.85.